The number of imidazole rings is 1. The third-order valence-electron chi connectivity index (χ3n) is 3.16. The number of carbonyl (C=O) groups is 1. The molecule has 0 unspecified atom stereocenters. The van der Waals surface area contributed by atoms with Gasteiger partial charge in [-0.25, -0.2) is 4.79 Å². The molecule has 7 heteroatoms. The number of nitrogens with zero attached hydrogens (tertiary/aromatic N) is 1. The van der Waals surface area contributed by atoms with Crippen molar-refractivity contribution in [3.63, 3.8) is 0 Å². The molecule has 0 aliphatic heterocycles. The first-order chi connectivity index (χ1) is 9.56. The van der Waals surface area contributed by atoms with Crippen molar-refractivity contribution < 1.29 is 20.1 Å². The van der Waals surface area contributed by atoms with Gasteiger partial charge in [-0.1, -0.05) is 12.8 Å². The van der Waals surface area contributed by atoms with Crippen molar-refractivity contribution in [2.45, 2.75) is 51.5 Å². The quantitative estimate of drug-likeness (QED) is 0.476. The van der Waals surface area contributed by atoms with E-state index in [1.807, 2.05) is 0 Å². The molecule has 0 spiro atoms. The van der Waals surface area contributed by atoms with Crippen molar-refractivity contribution >= 4 is 5.97 Å². The molecule has 1 aromatic rings. The molecule has 0 atom stereocenters. The van der Waals surface area contributed by atoms with Crippen LogP contribution < -0.4 is 5.69 Å². The Bertz CT molecular complexity index is 478. The van der Waals surface area contributed by atoms with Gasteiger partial charge in [0.1, 0.15) is 0 Å². The first-order valence-electron chi connectivity index (χ1n) is 6.89. The lowest BCUT2D eigenvalue weighted by molar-refractivity contribution is -0.137. The third-order valence-corrected chi connectivity index (χ3v) is 3.16. The van der Waals surface area contributed by atoms with Gasteiger partial charge < -0.3 is 15.3 Å². The number of H-pyrrole nitrogens is 1. The summed E-state index contributed by atoms with van der Waals surface area (Å²) in [5.74, 6) is -0.899. The standard InChI is InChI=1S/C13H22N2O5/c16-9-5-8-15-10(12(19)14-13(15)20)6-3-1-2-4-7-11(17)18/h16,19H,1-9H2,(H,14,20)(H,17,18). The lowest BCUT2D eigenvalue weighted by Crippen LogP contribution is -2.19. The van der Waals surface area contributed by atoms with E-state index in [1.165, 1.54) is 4.57 Å². The van der Waals surface area contributed by atoms with Crippen molar-refractivity contribution in [2.24, 2.45) is 0 Å². The molecular formula is C13H22N2O5. The number of aliphatic carboxylic acids is 1. The van der Waals surface area contributed by atoms with Crippen LogP contribution in [0.25, 0.3) is 0 Å². The van der Waals surface area contributed by atoms with Gasteiger partial charge in [-0.05, 0) is 25.7 Å². The first kappa shape index (κ1) is 16.3. The molecule has 1 aromatic heterocycles. The lowest BCUT2D eigenvalue weighted by Gasteiger charge is -2.06. The summed E-state index contributed by atoms with van der Waals surface area (Å²) in [4.78, 5) is 24.3. The maximum atomic E-state index is 11.6. The summed E-state index contributed by atoms with van der Waals surface area (Å²) < 4.78 is 1.45. The summed E-state index contributed by atoms with van der Waals surface area (Å²) in [6, 6.07) is 0. The van der Waals surface area contributed by atoms with Gasteiger partial charge in [0.2, 0.25) is 5.88 Å². The molecule has 0 fully saturated rings. The molecule has 0 aliphatic carbocycles. The fourth-order valence-corrected chi connectivity index (χ4v) is 2.13. The Morgan fingerprint density at radius 2 is 1.85 bits per heavy atom. The maximum absolute atomic E-state index is 11.6. The van der Waals surface area contributed by atoms with Gasteiger partial charge >= 0.3 is 11.7 Å². The van der Waals surface area contributed by atoms with E-state index in [4.69, 9.17) is 10.2 Å². The second-order valence-corrected chi connectivity index (χ2v) is 4.76. The molecule has 0 bridgehead atoms. The Hall–Kier alpha value is -1.76. The molecule has 0 saturated heterocycles. The minimum atomic E-state index is -0.786. The summed E-state index contributed by atoms with van der Waals surface area (Å²) >= 11 is 0. The minimum absolute atomic E-state index is 0.00693. The number of rotatable bonds is 10. The highest BCUT2D eigenvalue weighted by atomic mass is 16.4. The van der Waals surface area contributed by atoms with Crippen LogP contribution in [0.1, 0.15) is 44.2 Å². The predicted molar refractivity (Wildman–Crippen MR) is 72.8 cm³/mol. The van der Waals surface area contributed by atoms with E-state index >= 15 is 0 Å². The van der Waals surface area contributed by atoms with Crippen molar-refractivity contribution in [3.8, 4) is 5.88 Å². The Morgan fingerprint density at radius 1 is 1.15 bits per heavy atom. The molecule has 1 heterocycles. The van der Waals surface area contributed by atoms with Crippen LogP contribution in [0.15, 0.2) is 4.79 Å². The molecular weight excluding hydrogens is 264 g/mol. The molecule has 0 radical (unpaired) electrons. The molecule has 0 amide bonds. The van der Waals surface area contributed by atoms with Crippen molar-refractivity contribution in [1.29, 1.82) is 0 Å². The summed E-state index contributed by atoms with van der Waals surface area (Å²) in [5, 5.41) is 27.0. The fourth-order valence-electron chi connectivity index (χ4n) is 2.13. The van der Waals surface area contributed by atoms with E-state index in [0.29, 0.717) is 31.5 Å². The Labute approximate surface area is 116 Å². The van der Waals surface area contributed by atoms with Gasteiger partial charge in [-0.2, -0.15) is 0 Å². The van der Waals surface area contributed by atoms with Crippen LogP contribution in [-0.2, 0) is 17.8 Å². The van der Waals surface area contributed by atoms with Crippen LogP contribution >= 0.6 is 0 Å². The summed E-state index contributed by atoms with van der Waals surface area (Å²) in [7, 11) is 0. The van der Waals surface area contributed by atoms with Gasteiger partial charge in [0, 0.05) is 19.6 Å². The third kappa shape index (κ3) is 5.08. The highest BCUT2D eigenvalue weighted by molar-refractivity contribution is 5.66. The molecule has 0 saturated carbocycles. The van der Waals surface area contributed by atoms with E-state index in [1.54, 1.807) is 0 Å². The smallest absolute Gasteiger partial charge is 0.328 e. The molecule has 114 valence electrons. The summed E-state index contributed by atoms with van der Waals surface area (Å²) in [6.45, 7) is 0.369. The SMILES string of the molecule is O=C(O)CCCCCCc1c(O)[nH]c(=O)n1CCCO. The van der Waals surface area contributed by atoms with Crippen LogP contribution in [0.3, 0.4) is 0 Å². The summed E-state index contributed by atoms with van der Waals surface area (Å²) in [5.41, 5.74) is 0.193. The van der Waals surface area contributed by atoms with Gasteiger partial charge in [-0.3, -0.25) is 14.3 Å². The van der Waals surface area contributed by atoms with Crippen LogP contribution in [0, 0.1) is 0 Å². The number of aromatic hydroxyl groups is 1. The monoisotopic (exact) mass is 286 g/mol. The maximum Gasteiger partial charge on any atom is 0.328 e. The number of hydrogen-bond donors (Lipinski definition) is 4. The van der Waals surface area contributed by atoms with Crippen molar-refractivity contribution in [1.82, 2.24) is 9.55 Å². The molecule has 0 aromatic carbocycles. The van der Waals surface area contributed by atoms with Crippen LogP contribution in [0.4, 0.5) is 0 Å². The topological polar surface area (TPSA) is 116 Å². The van der Waals surface area contributed by atoms with E-state index in [-0.39, 0.29) is 24.6 Å². The number of unbranched alkanes of at least 4 members (excludes halogenated alkanes) is 3. The number of aliphatic hydroxyl groups is 1. The van der Waals surface area contributed by atoms with E-state index in [2.05, 4.69) is 4.98 Å². The van der Waals surface area contributed by atoms with Gasteiger partial charge in [-0.15, -0.1) is 0 Å². The second kappa shape index (κ2) is 8.42. The molecule has 20 heavy (non-hydrogen) atoms. The van der Waals surface area contributed by atoms with E-state index in [0.717, 1.165) is 19.3 Å². The highest BCUT2D eigenvalue weighted by Crippen LogP contribution is 2.16. The molecule has 1 rings (SSSR count). The average molecular weight is 286 g/mol. The number of carboxylic acids is 1. The Morgan fingerprint density at radius 3 is 2.50 bits per heavy atom. The van der Waals surface area contributed by atoms with Crippen molar-refractivity contribution in [2.75, 3.05) is 6.61 Å². The minimum Gasteiger partial charge on any atom is -0.493 e. The second-order valence-electron chi connectivity index (χ2n) is 4.76. The van der Waals surface area contributed by atoms with E-state index < -0.39 is 5.97 Å². The number of nitrogens with one attached hydrogen (secondary N) is 1. The molecule has 4 N–H and O–H groups in total. The molecule has 7 nitrogen and oxygen atoms in total. The number of hydrogen-bond acceptors (Lipinski definition) is 4. The van der Waals surface area contributed by atoms with Gasteiger partial charge in [0.15, 0.2) is 0 Å². The van der Waals surface area contributed by atoms with Gasteiger partial charge in [0.05, 0.1) is 5.69 Å². The number of aromatic amines is 1. The zero-order chi connectivity index (χ0) is 15.0. The number of aliphatic hydroxyl groups excluding tert-OH is 1. The molecule has 0 aliphatic rings. The number of aromatic nitrogens is 2. The van der Waals surface area contributed by atoms with Crippen LogP contribution in [-0.4, -0.2) is 37.4 Å². The van der Waals surface area contributed by atoms with Crippen LogP contribution in [0.2, 0.25) is 0 Å². The lowest BCUT2D eigenvalue weighted by atomic mass is 10.1. The Balaban J connectivity index is 2.42. The largest absolute Gasteiger partial charge is 0.493 e. The summed E-state index contributed by atoms with van der Waals surface area (Å²) in [6.07, 6.45) is 4.29. The fraction of sp³-hybridized carbons (Fsp3) is 0.692. The van der Waals surface area contributed by atoms with Crippen LogP contribution in [0.5, 0.6) is 5.88 Å². The normalized spacial score (nSPS) is 10.8. The van der Waals surface area contributed by atoms with Gasteiger partial charge in [0.25, 0.3) is 0 Å². The first-order valence-corrected chi connectivity index (χ1v) is 6.89. The zero-order valence-corrected chi connectivity index (χ0v) is 11.5. The zero-order valence-electron chi connectivity index (χ0n) is 11.5. The average Bonchev–Trinajstić information content (AvgIpc) is 2.65. The highest BCUT2D eigenvalue weighted by Gasteiger charge is 2.12. The van der Waals surface area contributed by atoms with E-state index in [9.17, 15) is 14.7 Å². The Kier molecular flexibility index (Phi) is 6.86. The predicted octanol–water partition coefficient (Wildman–Crippen LogP) is 0.842. The van der Waals surface area contributed by atoms with Crippen molar-refractivity contribution in [3.05, 3.63) is 16.2 Å². The number of carboxylic acid groups (broad SMARTS) is 1.